The molecule has 5 heteroatoms. The van der Waals surface area contributed by atoms with Gasteiger partial charge in [0.05, 0.1) is 18.3 Å². The molecule has 0 aliphatic heterocycles. The number of phenols is 1. The first-order valence-electron chi connectivity index (χ1n) is 7.05. The highest BCUT2D eigenvalue weighted by Crippen LogP contribution is 2.20. The molecule has 1 aliphatic carbocycles. The first-order valence-corrected chi connectivity index (χ1v) is 7.05. The predicted molar refractivity (Wildman–Crippen MR) is 73.2 cm³/mol. The van der Waals surface area contributed by atoms with Gasteiger partial charge < -0.3 is 15.2 Å². The molecule has 1 aromatic rings. The Hall–Kier alpha value is -1.62. The Morgan fingerprint density at radius 2 is 2.10 bits per heavy atom. The molecule has 0 atom stereocenters. The van der Waals surface area contributed by atoms with E-state index < -0.39 is 11.7 Å². The van der Waals surface area contributed by atoms with Gasteiger partial charge in [-0.25, -0.2) is 4.39 Å². The average molecular weight is 281 g/mol. The van der Waals surface area contributed by atoms with E-state index in [4.69, 9.17) is 4.74 Å². The number of benzene rings is 1. The van der Waals surface area contributed by atoms with E-state index in [-0.39, 0.29) is 11.3 Å². The minimum absolute atomic E-state index is 0.0732. The number of halogens is 1. The summed E-state index contributed by atoms with van der Waals surface area (Å²) in [5.41, 5.74) is 0.0732. The van der Waals surface area contributed by atoms with Crippen LogP contribution in [0.5, 0.6) is 5.75 Å². The number of rotatable bonds is 5. The van der Waals surface area contributed by atoms with Crippen molar-refractivity contribution in [3.05, 3.63) is 29.6 Å². The van der Waals surface area contributed by atoms with Gasteiger partial charge in [0.2, 0.25) is 0 Å². The SMILES string of the molecule is O=C(NCCOC1CCCCC1)c1ccc(F)cc1O. The van der Waals surface area contributed by atoms with Crippen molar-refractivity contribution in [2.45, 2.75) is 38.2 Å². The van der Waals surface area contributed by atoms with Crippen molar-refractivity contribution in [3.63, 3.8) is 0 Å². The lowest BCUT2D eigenvalue weighted by Crippen LogP contribution is -2.29. The third-order valence-corrected chi connectivity index (χ3v) is 3.50. The number of phenolic OH excluding ortho intramolecular Hbond substituents is 1. The lowest BCUT2D eigenvalue weighted by atomic mass is 9.98. The van der Waals surface area contributed by atoms with Gasteiger partial charge in [-0.1, -0.05) is 19.3 Å². The van der Waals surface area contributed by atoms with E-state index >= 15 is 0 Å². The molecule has 1 aliphatic rings. The maximum atomic E-state index is 12.8. The lowest BCUT2D eigenvalue weighted by molar-refractivity contribution is 0.0299. The molecule has 0 aromatic heterocycles. The van der Waals surface area contributed by atoms with Crippen molar-refractivity contribution in [1.82, 2.24) is 5.32 Å². The maximum absolute atomic E-state index is 12.8. The van der Waals surface area contributed by atoms with Crippen molar-refractivity contribution < 1.29 is 19.0 Å². The standard InChI is InChI=1S/C15H20FNO3/c16-11-6-7-13(14(18)10-11)15(19)17-8-9-20-12-4-2-1-3-5-12/h6-7,10,12,18H,1-5,8-9H2,(H,17,19). The largest absolute Gasteiger partial charge is 0.507 e. The average Bonchev–Trinajstić information content (AvgIpc) is 2.44. The van der Waals surface area contributed by atoms with E-state index in [2.05, 4.69) is 5.32 Å². The zero-order valence-corrected chi connectivity index (χ0v) is 11.4. The molecule has 0 heterocycles. The molecular weight excluding hydrogens is 261 g/mol. The Labute approximate surface area is 117 Å². The van der Waals surface area contributed by atoms with E-state index in [1.165, 1.54) is 25.3 Å². The second-order valence-corrected chi connectivity index (χ2v) is 5.05. The van der Waals surface area contributed by atoms with E-state index in [1.807, 2.05) is 0 Å². The van der Waals surface area contributed by atoms with E-state index in [0.29, 0.717) is 19.3 Å². The summed E-state index contributed by atoms with van der Waals surface area (Å²) in [6.07, 6.45) is 6.18. The molecule has 110 valence electrons. The van der Waals surface area contributed by atoms with Gasteiger partial charge in [-0.05, 0) is 25.0 Å². The Bertz CT molecular complexity index is 458. The molecular formula is C15H20FNO3. The topological polar surface area (TPSA) is 58.6 Å². The van der Waals surface area contributed by atoms with Crippen molar-refractivity contribution in [2.75, 3.05) is 13.2 Å². The number of hydrogen-bond donors (Lipinski definition) is 2. The molecule has 4 nitrogen and oxygen atoms in total. The molecule has 1 saturated carbocycles. The highest BCUT2D eigenvalue weighted by molar-refractivity contribution is 5.96. The molecule has 20 heavy (non-hydrogen) atoms. The van der Waals surface area contributed by atoms with Crippen molar-refractivity contribution in [2.24, 2.45) is 0 Å². The smallest absolute Gasteiger partial charge is 0.255 e. The van der Waals surface area contributed by atoms with Crippen LogP contribution in [0.1, 0.15) is 42.5 Å². The molecule has 0 spiro atoms. The molecule has 0 saturated heterocycles. The minimum atomic E-state index is -0.570. The molecule has 1 aromatic carbocycles. The van der Waals surface area contributed by atoms with Crippen LogP contribution >= 0.6 is 0 Å². The minimum Gasteiger partial charge on any atom is -0.507 e. The van der Waals surface area contributed by atoms with Crippen LogP contribution in [0, 0.1) is 5.82 Å². The molecule has 2 rings (SSSR count). The van der Waals surface area contributed by atoms with Crippen LogP contribution < -0.4 is 5.32 Å². The summed E-state index contributed by atoms with van der Waals surface area (Å²) in [6.45, 7) is 0.838. The van der Waals surface area contributed by atoms with Crippen molar-refractivity contribution in [1.29, 1.82) is 0 Å². The highest BCUT2D eigenvalue weighted by Gasteiger charge is 2.14. The maximum Gasteiger partial charge on any atom is 0.255 e. The third kappa shape index (κ3) is 4.20. The molecule has 0 unspecified atom stereocenters. The van der Waals surface area contributed by atoms with Gasteiger partial charge in [0.1, 0.15) is 11.6 Å². The number of carbonyl (C=O) groups is 1. The summed E-state index contributed by atoms with van der Waals surface area (Å²) in [5.74, 6) is -1.34. The first kappa shape index (κ1) is 14.8. The van der Waals surface area contributed by atoms with Crippen molar-refractivity contribution in [3.8, 4) is 5.75 Å². The van der Waals surface area contributed by atoms with Crippen LogP contribution in [-0.2, 0) is 4.74 Å². The number of ether oxygens (including phenoxy) is 1. The van der Waals surface area contributed by atoms with Gasteiger partial charge in [-0.2, -0.15) is 0 Å². The summed E-state index contributed by atoms with van der Waals surface area (Å²) in [7, 11) is 0. The number of amides is 1. The highest BCUT2D eigenvalue weighted by atomic mass is 19.1. The molecule has 1 fully saturated rings. The lowest BCUT2D eigenvalue weighted by Gasteiger charge is -2.22. The number of aromatic hydroxyl groups is 1. The zero-order valence-electron chi connectivity index (χ0n) is 11.4. The van der Waals surface area contributed by atoms with Crippen LogP contribution in [0.2, 0.25) is 0 Å². The van der Waals surface area contributed by atoms with Gasteiger partial charge >= 0.3 is 0 Å². The third-order valence-electron chi connectivity index (χ3n) is 3.50. The second kappa shape index (κ2) is 7.24. The van der Waals surface area contributed by atoms with Crippen LogP contribution in [0.25, 0.3) is 0 Å². The van der Waals surface area contributed by atoms with Gasteiger partial charge in [0.15, 0.2) is 0 Å². The summed E-state index contributed by atoms with van der Waals surface area (Å²) in [4.78, 5) is 11.8. The van der Waals surface area contributed by atoms with Crippen LogP contribution in [-0.4, -0.2) is 30.3 Å². The Balaban J connectivity index is 1.72. The summed E-state index contributed by atoms with van der Waals surface area (Å²) in [6, 6.07) is 3.34. The summed E-state index contributed by atoms with van der Waals surface area (Å²) in [5, 5.41) is 12.1. The monoisotopic (exact) mass is 281 g/mol. The van der Waals surface area contributed by atoms with Crippen LogP contribution in [0.4, 0.5) is 4.39 Å². The fourth-order valence-electron chi connectivity index (χ4n) is 2.41. The van der Waals surface area contributed by atoms with E-state index in [9.17, 15) is 14.3 Å². The second-order valence-electron chi connectivity index (χ2n) is 5.05. The van der Waals surface area contributed by atoms with E-state index in [1.54, 1.807) is 0 Å². The fraction of sp³-hybridized carbons (Fsp3) is 0.533. The van der Waals surface area contributed by atoms with Gasteiger partial charge in [-0.15, -0.1) is 0 Å². The molecule has 0 radical (unpaired) electrons. The fourth-order valence-corrected chi connectivity index (χ4v) is 2.41. The number of nitrogens with one attached hydrogen (secondary N) is 1. The molecule has 0 bridgehead atoms. The first-order chi connectivity index (χ1) is 9.66. The number of hydrogen-bond acceptors (Lipinski definition) is 3. The van der Waals surface area contributed by atoms with Crippen LogP contribution in [0.3, 0.4) is 0 Å². The van der Waals surface area contributed by atoms with Gasteiger partial charge in [-0.3, -0.25) is 4.79 Å². The zero-order chi connectivity index (χ0) is 14.4. The Kier molecular flexibility index (Phi) is 5.35. The Morgan fingerprint density at radius 3 is 2.80 bits per heavy atom. The normalized spacial score (nSPS) is 16.1. The van der Waals surface area contributed by atoms with Gasteiger partial charge in [0.25, 0.3) is 5.91 Å². The summed E-state index contributed by atoms with van der Waals surface area (Å²) >= 11 is 0. The van der Waals surface area contributed by atoms with Crippen LogP contribution in [0.15, 0.2) is 18.2 Å². The molecule has 2 N–H and O–H groups in total. The van der Waals surface area contributed by atoms with Gasteiger partial charge in [0, 0.05) is 12.6 Å². The molecule has 1 amide bonds. The Morgan fingerprint density at radius 1 is 1.35 bits per heavy atom. The summed E-state index contributed by atoms with van der Waals surface area (Å²) < 4.78 is 18.5. The number of carbonyl (C=O) groups excluding carboxylic acids is 1. The quantitative estimate of drug-likeness (QED) is 0.816. The van der Waals surface area contributed by atoms with E-state index in [0.717, 1.165) is 25.0 Å². The van der Waals surface area contributed by atoms with Crippen molar-refractivity contribution >= 4 is 5.91 Å². The predicted octanol–water partition coefficient (Wildman–Crippen LogP) is 2.61.